The average Bonchev–Trinajstić information content (AvgIpc) is 2.07. The number of rotatable bonds is 4. The van der Waals surface area contributed by atoms with Crippen LogP contribution in [-0.2, 0) is 0 Å². The van der Waals surface area contributed by atoms with Crippen molar-refractivity contribution in [3.8, 4) is 0 Å². The first kappa shape index (κ1) is 10.1. The molecule has 0 atom stereocenters. The smallest absolute Gasteiger partial charge is 0.315 e. The summed E-state index contributed by atoms with van der Waals surface area (Å²) >= 11 is 0. The lowest BCUT2D eigenvalue weighted by molar-refractivity contribution is 0.129. The number of amides is 2. The fourth-order valence-corrected chi connectivity index (χ4v) is 1.40. The van der Waals surface area contributed by atoms with Crippen LogP contribution in [0.15, 0.2) is 12.7 Å². The van der Waals surface area contributed by atoms with Crippen LogP contribution in [0, 0.1) is 5.92 Å². The van der Waals surface area contributed by atoms with E-state index in [0.29, 0.717) is 12.5 Å². The molecule has 0 unspecified atom stereocenters. The number of aliphatic hydroxyl groups excluding tert-OH is 1. The van der Waals surface area contributed by atoms with Crippen molar-refractivity contribution in [2.75, 3.05) is 13.2 Å². The summed E-state index contributed by atoms with van der Waals surface area (Å²) in [4.78, 5) is 11.1. The second-order valence-corrected chi connectivity index (χ2v) is 3.36. The molecule has 13 heavy (non-hydrogen) atoms. The molecule has 0 aromatic rings. The van der Waals surface area contributed by atoms with Crippen LogP contribution in [0.3, 0.4) is 0 Å². The first-order valence-electron chi connectivity index (χ1n) is 4.52. The maximum atomic E-state index is 11.1. The van der Waals surface area contributed by atoms with Gasteiger partial charge in [-0.1, -0.05) is 6.08 Å². The standard InChI is InChI=1S/C9H16N2O2/c1-2-3-10-9(13)11-8-4-7(5-8)6-12/h2,7-8,12H,1,3-6H2,(H2,10,11,13). The van der Waals surface area contributed by atoms with Crippen LogP contribution in [-0.4, -0.2) is 30.3 Å². The van der Waals surface area contributed by atoms with E-state index < -0.39 is 0 Å². The van der Waals surface area contributed by atoms with Crippen LogP contribution in [0.2, 0.25) is 0 Å². The molecule has 2 amide bonds. The Hall–Kier alpha value is -1.03. The Kier molecular flexibility index (Phi) is 3.76. The van der Waals surface area contributed by atoms with Gasteiger partial charge in [0.2, 0.25) is 0 Å². The molecule has 0 heterocycles. The molecule has 0 bridgehead atoms. The Morgan fingerprint density at radius 3 is 2.85 bits per heavy atom. The van der Waals surface area contributed by atoms with E-state index in [9.17, 15) is 4.79 Å². The molecule has 0 spiro atoms. The molecule has 4 nitrogen and oxygen atoms in total. The van der Waals surface area contributed by atoms with Gasteiger partial charge in [-0.05, 0) is 18.8 Å². The summed E-state index contributed by atoms with van der Waals surface area (Å²) in [6, 6.07) is 0.0863. The predicted molar refractivity (Wildman–Crippen MR) is 50.3 cm³/mol. The van der Waals surface area contributed by atoms with Crippen LogP contribution >= 0.6 is 0 Å². The summed E-state index contributed by atoms with van der Waals surface area (Å²) < 4.78 is 0. The van der Waals surface area contributed by atoms with Gasteiger partial charge in [-0.15, -0.1) is 6.58 Å². The van der Waals surface area contributed by atoms with E-state index in [1.807, 2.05) is 0 Å². The summed E-state index contributed by atoms with van der Waals surface area (Å²) in [6.45, 7) is 4.21. The van der Waals surface area contributed by atoms with E-state index >= 15 is 0 Å². The van der Waals surface area contributed by atoms with Gasteiger partial charge in [0.1, 0.15) is 0 Å². The Labute approximate surface area is 78.0 Å². The van der Waals surface area contributed by atoms with Crippen LogP contribution in [0.1, 0.15) is 12.8 Å². The Morgan fingerprint density at radius 2 is 2.31 bits per heavy atom. The molecule has 0 aliphatic heterocycles. The van der Waals surface area contributed by atoms with Gasteiger partial charge in [0.05, 0.1) is 0 Å². The Balaban J connectivity index is 2.06. The van der Waals surface area contributed by atoms with Crippen molar-refractivity contribution in [1.29, 1.82) is 0 Å². The monoisotopic (exact) mass is 184 g/mol. The molecule has 1 saturated carbocycles. The highest BCUT2D eigenvalue weighted by Crippen LogP contribution is 2.26. The zero-order valence-corrected chi connectivity index (χ0v) is 7.62. The molecule has 74 valence electrons. The normalized spacial score (nSPS) is 25.9. The fraction of sp³-hybridized carbons (Fsp3) is 0.667. The molecule has 1 aliphatic carbocycles. The number of urea groups is 1. The summed E-state index contributed by atoms with van der Waals surface area (Å²) in [5.41, 5.74) is 0. The maximum Gasteiger partial charge on any atom is 0.315 e. The van der Waals surface area contributed by atoms with E-state index in [2.05, 4.69) is 17.2 Å². The van der Waals surface area contributed by atoms with Gasteiger partial charge in [0.25, 0.3) is 0 Å². The molecule has 0 radical (unpaired) electrons. The molecule has 1 aliphatic rings. The zero-order chi connectivity index (χ0) is 9.68. The second kappa shape index (κ2) is 4.87. The van der Waals surface area contributed by atoms with Crippen LogP contribution in [0.4, 0.5) is 4.79 Å². The lowest BCUT2D eigenvalue weighted by atomic mass is 9.81. The number of aliphatic hydroxyl groups is 1. The number of carbonyl (C=O) groups excluding carboxylic acids is 1. The van der Waals surface area contributed by atoms with Gasteiger partial charge in [0.15, 0.2) is 0 Å². The van der Waals surface area contributed by atoms with Crippen molar-refractivity contribution in [2.45, 2.75) is 18.9 Å². The van der Waals surface area contributed by atoms with Crippen LogP contribution < -0.4 is 10.6 Å². The number of nitrogens with one attached hydrogen (secondary N) is 2. The van der Waals surface area contributed by atoms with Gasteiger partial charge in [-0.25, -0.2) is 4.79 Å². The second-order valence-electron chi connectivity index (χ2n) is 3.36. The molecular weight excluding hydrogens is 168 g/mol. The highest BCUT2D eigenvalue weighted by molar-refractivity contribution is 5.74. The summed E-state index contributed by atoms with van der Waals surface area (Å²) in [6.07, 6.45) is 3.41. The van der Waals surface area contributed by atoms with Gasteiger partial charge in [-0.3, -0.25) is 0 Å². The molecule has 0 aromatic carbocycles. The van der Waals surface area contributed by atoms with E-state index in [1.165, 1.54) is 0 Å². The van der Waals surface area contributed by atoms with E-state index in [4.69, 9.17) is 5.11 Å². The SMILES string of the molecule is C=CCNC(=O)NC1CC(CO)C1. The number of hydrogen-bond acceptors (Lipinski definition) is 2. The maximum absolute atomic E-state index is 11.1. The molecule has 3 N–H and O–H groups in total. The third kappa shape index (κ3) is 3.06. The summed E-state index contributed by atoms with van der Waals surface area (Å²) in [7, 11) is 0. The third-order valence-corrected chi connectivity index (χ3v) is 2.24. The number of carbonyl (C=O) groups is 1. The minimum absolute atomic E-state index is 0.152. The summed E-state index contributed by atoms with van der Waals surface area (Å²) in [5.74, 6) is 0.379. The van der Waals surface area contributed by atoms with Crippen LogP contribution in [0.5, 0.6) is 0 Å². The highest BCUT2D eigenvalue weighted by Gasteiger charge is 2.29. The topological polar surface area (TPSA) is 61.4 Å². The summed E-state index contributed by atoms with van der Waals surface area (Å²) in [5, 5.41) is 14.2. The predicted octanol–water partition coefficient (Wildman–Crippen LogP) is 0.243. The molecule has 1 fully saturated rings. The molecule has 4 heteroatoms. The molecular formula is C9H16N2O2. The lowest BCUT2D eigenvalue weighted by Crippen LogP contribution is -2.49. The molecule has 0 aromatic heterocycles. The van der Waals surface area contributed by atoms with Crippen molar-refractivity contribution < 1.29 is 9.90 Å². The average molecular weight is 184 g/mol. The lowest BCUT2D eigenvalue weighted by Gasteiger charge is -2.34. The van der Waals surface area contributed by atoms with Gasteiger partial charge in [0, 0.05) is 19.2 Å². The Bertz CT molecular complexity index is 188. The minimum atomic E-state index is -0.152. The number of hydrogen-bond donors (Lipinski definition) is 3. The Morgan fingerprint density at radius 1 is 1.62 bits per heavy atom. The van der Waals surface area contributed by atoms with E-state index in [0.717, 1.165) is 12.8 Å². The van der Waals surface area contributed by atoms with E-state index in [-0.39, 0.29) is 18.7 Å². The largest absolute Gasteiger partial charge is 0.396 e. The first-order chi connectivity index (χ1) is 6.26. The highest BCUT2D eigenvalue weighted by atomic mass is 16.3. The van der Waals surface area contributed by atoms with Crippen molar-refractivity contribution in [1.82, 2.24) is 10.6 Å². The van der Waals surface area contributed by atoms with Gasteiger partial charge < -0.3 is 15.7 Å². The molecule has 0 saturated heterocycles. The van der Waals surface area contributed by atoms with Crippen molar-refractivity contribution in [2.24, 2.45) is 5.92 Å². The van der Waals surface area contributed by atoms with Crippen molar-refractivity contribution in [3.05, 3.63) is 12.7 Å². The van der Waals surface area contributed by atoms with Gasteiger partial charge >= 0.3 is 6.03 Å². The van der Waals surface area contributed by atoms with Crippen molar-refractivity contribution in [3.63, 3.8) is 0 Å². The quantitative estimate of drug-likeness (QED) is 0.548. The van der Waals surface area contributed by atoms with E-state index in [1.54, 1.807) is 6.08 Å². The third-order valence-electron chi connectivity index (χ3n) is 2.24. The molecule has 1 rings (SSSR count). The minimum Gasteiger partial charge on any atom is -0.396 e. The zero-order valence-electron chi connectivity index (χ0n) is 7.62. The van der Waals surface area contributed by atoms with Crippen molar-refractivity contribution >= 4 is 6.03 Å². The van der Waals surface area contributed by atoms with Gasteiger partial charge in [-0.2, -0.15) is 0 Å². The van der Waals surface area contributed by atoms with Crippen LogP contribution in [0.25, 0.3) is 0 Å². The fourth-order valence-electron chi connectivity index (χ4n) is 1.40. The first-order valence-corrected chi connectivity index (χ1v) is 4.52.